The molecule has 0 saturated heterocycles. The van der Waals surface area contributed by atoms with Crippen molar-refractivity contribution < 1.29 is 17.6 Å². The van der Waals surface area contributed by atoms with Crippen molar-refractivity contribution in [3.63, 3.8) is 0 Å². The normalized spacial score (nSPS) is 11.0. The Morgan fingerprint density at radius 3 is 2.38 bits per heavy atom. The zero-order valence-electron chi connectivity index (χ0n) is 10.4. The minimum Gasteiger partial charge on any atom is -0.374 e. The zero-order valence-corrected chi connectivity index (χ0v) is 10.4. The molecule has 0 aliphatic carbocycles. The maximum atomic E-state index is 13.4. The van der Waals surface area contributed by atoms with Gasteiger partial charge in [-0.1, -0.05) is 6.07 Å². The van der Waals surface area contributed by atoms with E-state index in [9.17, 15) is 17.6 Å². The summed E-state index contributed by atoms with van der Waals surface area (Å²) in [5, 5.41) is 2.29. The SMILES string of the molecule is Fc1nc(F)c(F)c(NCc2cn3ccccc3n2)c1F. The third-order valence-electron chi connectivity index (χ3n) is 2.86. The first-order chi connectivity index (χ1) is 10.1. The molecule has 0 saturated carbocycles. The highest BCUT2D eigenvalue weighted by Gasteiger charge is 2.20. The average Bonchev–Trinajstić information content (AvgIpc) is 2.88. The molecular weight excluding hydrogens is 288 g/mol. The molecule has 0 aromatic carbocycles. The Bertz CT molecular complexity index is 756. The third-order valence-corrected chi connectivity index (χ3v) is 2.86. The minimum absolute atomic E-state index is 0.0988. The van der Waals surface area contributed by atoms with Crippen molar-refractivity contribution in [3.8, 4) is 0 Å². The lowest BCUT2D eigenvalue weighted by Gasteiger charge is -2.07. The van der Waals surface area contributed by atoms with Gasteiger partial charge in [-0.05, 0) is 12.1 Å². The van der Waals surface area contributed by atoms with Crippen LogP contribution >= 0.6 is 0 Å². The minimum atomic E-state index is -1.70. The van der Waals surface area contributed by atoms with Crippen molar-refractivity contribution >= 4 is 11.3 Å². The van der Waals surface area contributed by atoms with Crippen LogP contribution in [0.2, 0.25) is 0 Å². The fourth-order valence-electron chi connectivity index (χ4n) is 1.89. The summed E-state index contributed by atoms with van der Waals surface area (Å²) in [4.78, 5) is 6.66. The predicted octanol–water partition coefficient (Wildman–Crippen LogP) is 2.90. The predicted molar refractivity (Wildman–Crippen MR) is 66.6 cm³/mol. The summed E-state index contributed by atoms with van der Waals surface area (Å²) in [5.41, 5.74) is 0.192. The summed E-state index contributed by atoms with van der Waals surface area (Å²) in [7, 11) is 0. The number of nitrogens with zero attached hydrogens (tertiary/aromatic N) is 3. The van der Waals surface area contributed by atoms with Crippen LogP contribution < -0.4 is 5.32 Å². The van der Waals surface area contributed by atoms with Crippen LogP contribution in [0, 0.1) is 23.5 Å². The van der Waals surface area contributed by atoms with Gasteiger partial charge in [-0.25, -0.2) is 4.98 Å². The van der Waals surface area contributed by atoms with E-state index in [1.54, 1.807) is 35.0 Å². The molecule has 3 aromatic heterocycles. The molecule has 0 aliphatic heterocycles. The monoisotopic (exact) mass is 296 g/mol. The maximum absolute atomic E-state index is 13.4. The number of imidazole rings is 1. The zero-order chi connectivity index (χ0) is 15.0. The van der Waals surface area contributed by atoms with E-state index in [1.165, 1.54) is 0 Å². The highest BCUT2D eigenvalue weighted by Crippen LogP contribution is 2.22. The Hall–Kier alpha value is -2.64. The first kappa shape index (κ1) is 13.3. The molecular formula is C13H8F4N4. The number of pyridine rings is 2. The van der Waals surface area contributed by atoms with Gasteiger partial charge in [0, 0.05) is 12.4 Å². The van der Waals surface area contributed by atoms with E-state index in [1.807, 2.05) is 0 Å². The van der Waals surface area contributed by atoms with Crippen LogP contribution in [0.5, 0.6) is 0 Å². The fourth-order valence-corrected chi connectivity index (χ4v) is 1.89. The van der Waals surface area contributed by atoms with Gasteiger partial charge in [0.25, 0.3) is 11.9 Å². The number of anilines is 1. The second-order valence-corrected chi connectivity index (χ2v) is 4.25. The molecule has 0 bridgehead atoms. The van der Waals surface area contributed by atoms with Crippen LogP contribution in [0.25, 0.3) is 5.65 Å². The van der Waals surface area contributed by atoms with Gasteiger partial charge in [-0.3, -0.25) is 0 Å². The van der Waals surface area contributed by atoms with Crippen molar-refractivity contribution in [3.05, 3.63) is 59.8 Å². The standard InChI is InChI=1S/C13H8F4N4/c14-9-11(10(15)13(17)20-12(9)16)18-5-7-6-21-4-2-1-3-8(21)19-7/h1-4,6H,5H2,(H,18,20). The Morgan fingerprint density at radius 1 is 1.00 bits per heavy atom. The number of aromatic nitrogens is 3. The third kappa shape index (κ3) is 2.39. The Labute approximate surface area is 116 Å². The van der Waals surface area contributed by atoms with E-state index < -0.39 is 29.2 Å². The van der Waals surface area contributed by atoms with E-state index >= 15 is 0 Å². The molecule has 21 heavy (non-hydrogen) atoms. The van der Waals surface area contributed by atoms with Crippen LogP contribution in [0.1, 0.15) is 5.69 Å². The summed E-state index contributed by atoms with van der Waals surface area (Å²) < 4.78 is 54.5. The van der Waals surface area contributed by atoms with Gasteiger partial charge >= 0.3 is 0 Å². The van der Waals surface area contributed by atoms with Gasteiger partial charge in [0.1, 0.15) is 11.3 Å². The van der Waals surface area contributed by atoms with Crippen molar-refractivity contribution in [2.75, 3.05) is 5.32 Å². The van der Waals surface area contributed by atoms with Crippen molar-refractivity contribution in [1.29, 1.82) is 0 Å². The number of nitrogens with one attached hydrogen (secondary N) is 1. The lowest BCUT2D eigenvalue weighted by atomic mass is 10.3. The van der Waals surface area contributed by atoms with E-state index in [4.69, 9.17) is 0 Å². The second kappa shape index (κ2) is 5.04. The second-order valence-electron chi connectivity index (χ2n) is 4.25. The van der Waals surface area contributed by atoms with Crippen LogP contribution in [0.4, 0.5) is 23.2 Å². The Balaban J connectivity index is 1.88. The van der Waals surface area contributed by atoms with Gasteiger partial charge in [0.2, 0.25) is 11.6 Å². The molecule has 3 rings (SSSR count). The molecule has 0 aliphatic rings. The van der Waals surface area contributed by atoms with Crippen molar-refractivity contribution in [2.45, 2.75) is 6.54 Å². The quantitative estimate of drug-likeness (QED) is 0.597. The van der Waals surface area contributed by atoms with Crippen LogP contribution in [-0.4, -0.2) is 14.4 Å². The molecule has 4 nitrogen and oxygen atoms in total. The van der Waals surface area contributed by atoms with E-state index in [-0.39, 0.29) is 6.54 Å². The molecule has 0 spiro atoms. The Morgan fingerprint density at radius 2 is 1.71 bits per heavy atom. The molecule has 8 heteroatoms. The summed E-state index contributed by atoms with van der Waals surface area (Å²) in [5.74, 6) is -6.55. The lowest BCUT2D eigenvalue weighted by Crippen LogP contribution is -2.09. The first-order valence-corrected chi connectivity index (χ1v) is 5.92. The van der Waals surface area contributed by atoms with E-state index in [0.717, 1.165) is 0 Å². The number of hydrogen-bond donors (Lipinski definition) is 1. The largest absolute Gasteiger partial charge is 0.374 e. The highest BCUT2D eigenvalue weighted by atomic mass is 19.2. The summed E-state index contributed by atoms with van der Waals surface area (Å²) in [6.45, 7) is -0.0988. The van der Waals surface area contributed by atoms with E-state index in [0.29, 0.717) is 11.3 Å². The molecule has 0 fully saturated rings. The summed E-state index contributed by atoms with van der Waals surface area (Å²) >= 11 is 0. The fraction of sp³-hybridized carbons (Fsp3) is 0.0769. The van der Waals surface area contributed by atoms with E-state index in [2.05, 4.69) is 15.3 Å². The van der Waals surface area contributed by atoms with Crippen LogP contribution in [0.3, 0.4) is 0 Å². The van der Waals surface area contributed by atoms with Crippen LogP contribution in [-0.2, 0) is 6.54 Å². The molecule has 0 atom stereocenters. The number of halogens is 4. The highest BCUT2D eigenvalue weighted by molar-refractivity contribution is 5.46. The summed E-state index contributed by atoms with van der Waals surface area (Å²) in [6, 6.07) is 5.32. The first-order valence-electron chi connectivity index (χ1n) is 5.92. The maximum Gasteiger partial charge on any atom is 0.253 e. The van der Waals surface area contributed by atoms with Gasteiger partial charge in [0.15, 0.2) is 0 Å². The van der Waals surface area contributed by atoms with Crippen molar-refractivity contribution in [2.24, 2.45) is 0 Å². The Kier molecular flexibility index (Phi) is 3.20. The summed E-state index contributed by atoms with van der Waals surface area (Å²) in [6.07, 6.45) is 3.38. The molecule has 3 heterocycles. The van der Waals surface area contributed by atoms with Gasteiger partial charge in [-0.2, -0.15) is 22.5 Å². The molecule has 0 radical (unpaired) electrons. The number of fused-ring (bicyclic) bond motifs is 1. The van der Waals surface area contributed by atoms with Gasteiger partial charge in [0.05, 0.1) is 12.2 Å². The topological polar surface area (TPSA) is 42.2 Å². The molecule has 1 N–H and O–H groups in total. The number of rotatable bonds is 3. The molecule has 108 valence electrons. The lowest BCUT2D eigenvalue weighted by molar-refractivity contribution is 0.410. The van der Waals surface area contributed by atoms with Gasteiger partial charge < -0.3 is 9.72 Å². The molecule has 3 aromatic rings. The molecule has 0 amide bonds. The van der Waals surface area contributed by atoms with Crippen molar-refractivity contribution in [1.82, 2.24) is 14.4 Å². The smallest absolute Gasteiger partial charge is 0.253 e. The average molecular weight is 296 g/mol. The van der Waals surface area contributed by atoms with Gasteiger partial charge in [-0.15, -0.1) is 0 Å². The van der Waals surface area contributed by atoms with Crippen LogP contribution in [0.15, 0.2) is 30.6 Å². The molecule has 0 unspecified atom stereocenters. The number of hydrogen-bond acceptors (Lipinski definition) is 3.